The lowest BCUT2D eigenvalue weighted by Crippen LogP contribution is -2.35. The van der Waals surface area contributed by atoms with Gasteiger partial charge in [-0.05, 0) is 18.9 Å². The van der Waals surface area contributed by atoms with Gasteiger partial charge in [0.15, 0.2) is 5.78 Å². The fraction of sp³-hybridized carbons (Fsp3) is 0.700. The van der Waals surface area contributed by atoms with Crippen LogP contribution in [0.15, 0.2) is 12.7 Å². The van der Waals surface area contributed by atoms with E-state index in [-0.39, 0.29) is 5.78 Å². The fourth-order valence-electron chi connectivity index (χ4n) is 0.987. The molecule has 0 N–H and O–H groups in total. The van der Waals surface area contributed by atoms with E-state index in [2.05, 4.69) is 27.7 Å². The molecule has 0 rings (SSSR count). The Morgan fingerprint density at radius 3 is 2.33 bits per heavy atom. The van der Waals surface area contributed by atoms with E-state index in [4.69, 9.17) is 0 Å². The van der Waals surface area contributed by atoms with Gasteiger partial charge in [0.2, 0.25) is 0 Å². The van der Waals surface area contributed by atoms with Crippen molar-refractivity contribution in [3.8, 4) is 0 Å². The second-order valence-electron chi connectivity index (χ2n) is 4.14. The average Bonchev–Trinajstić information content (AvgIpc) is 1.96. The Labute approximate surface area is 75.5 Å². The average molecular weight is 170 g/mol. The first-order valence-electron chi connectivity index (χ1n) is 4.41. The number of unbranched alkanes of at least 4 members (excludes halogenated alkanes) is 1. The predicted molar refractivity (Wildman–Crippen MR) is 52.0 cm³/mol. The van der Waals surface area contributed by atoms with Gasteiger partial charge in [-0.2, -0.15) is 0 Å². The Morgan fingerprint density at radius 1 is 1.33 bits per heavy atom. The summed E-state index contributed by atoms with van der Waals surface area (Å²) in [5.41, 5.74) is 0. The molecule has 0 fully saturated rings. The third-order valence-electron chi connectivity index (χ3n) is 1.73. The highest BCUT2D eigenvalue weighted by atomic mass is 16.1. The number of allylic oxidation sites excluding steroid dienone is 1. The van der Waals surface area contributed by atoms with Crippen molar-refractivity contribution in [3.63, 3.8) is 0 Å². The highest BCUT2D eigenvalue weighted by Crippen LogP contribution is 2.01. The summed E-state index contributed by atoms with van der Waals surface area (Å²) in [6.07, 6.45) is 4.17. The molecule has 0 unspecified atom stereocenters. The maximum atomic E-state index is 10.8. The molecule has 12 heavy (non-hydrogen) atoms. The summed E-state index contributed by atoms with van der Waals surface area (Å²) < 4.78 is 0.974. The van der Waals surface area contributed by atoms with E-state index in [1.54, 1.807) is 0 Å². The van der Waals surface area contributed by atoms with Crippen LogP contribution in [0, 0.1) is 0 Å². The largest absolute Gasteiger partial charge is 0.331 e. The molecule has 0 saturated heterocycles. The van der Waals surface area contributed by atoms with Gasteiger partial charge in [0.25, 0.3) is 0 Å². The summed E-state index contributed by atoms with van der Waals surface area (Å²) in [4.78, 5) is 10.8. The molecule has 0 radical (unpaired) electrons. The first-order valence-corrected chi connectivity index (χ1v) is 4.41. The lowest BCUT2D eigenvalue weighted by Gasteiger charge is -2.23. The van der Waals surface area contributed by atoms with Gasteiger partial charge in [0, 0.05) is 6.42 Å². The van der Waals surface area contributed by atoms with Gasteiger partial charge in [0.1, 0.15) is 0 Å². The smallest absolute Gasteiger partial charge is 0.155 e. The maximum Gasteiger partial charge on any atom is 0.155 e. The normalized spacial score (nSPS) is 11.2. The molecule has 0 amide bonds. The molecule has 0 saturated carbocycles. The van der Waals surface area contributed by atoms with Gasteiger partial charge < -0.3 is 4.48 Å². The highest BCUT2D eigenvalue weighted by molar-refractivity contribution is 5.88. The second-order valence-corrected chi connectivity index (χ2v) is 4.14. The van der Waals surface area contributed by atoms with E-state index in [9.17, 15) is 4.79 Å². The highest BCUT2D eigenvalue weighted by Gasteiger charge is 2.05. The van der Waals surface area contributed by atoms with Crippen LogP contribution < -0.4 is 0 Å². The van der Waals surface area contributed by atoms with Crippen LogP contribution in [0.4, 0.5) is 0 Å². The summed E-state index contributed by atoms with van der Waals surface area (Å²) in [5.74, 6) is 0.163. The minimum absolute atomic E-state index is 0.163. The fourth-order valence-corrected chi connectivity index (χ4v) is 0.987. The molecule has 0 aliphatic rings. The maximum absolute atomic E-state index is 10.8. The lowest BCUT2D eigenvalue weighted by atomic mass is 10.1. The number of nitrogens with zero attached hydrogens (tertiary/aromatic N) is 1. The van der Waals surface area contributed by atoms with Crippen molar-refractivity contribution in [1.29, 1.82) is 0 Å². The van der Waals surface area contributed by atoms with E-state index >= 15 is 0 Å². The molecular formula is C10H20NO+. The predicted octanol–water partition coefficient (Wildman–Crippen LogP) is 1.62. The number of ketones is 1. The molecule has 0 bridgehead atoms. The first kappa shape index (κ1) is 11.4. The molecule has 70 valence electrons. The van der Waals surface area contributed by atoms with Crippen LogP contribution >= 0.6 is 0 Å². The molecule has 0 aromatic carbocycles. The van der Waals surface area contributed by atoms with Crippen LogP contribution in [0.5, 0.6) is 0 Å². The lowest BCUT2D eigenvalue weighted by molar-refractivity contribution is -0.870. The van der Waals surface area contributed by atoms with Crippen LogP contribution in [-0.2, 0) is 4.79 Å². The SMILES string of the molecule is C=CC(=O)CCCC[N+](C)(C)C. The summed E-state index contributed by atoms with van der Waals surface area (Å²) in [6, 6.07) is 0. The van der Waals surface area contributed by atoms with Gasteiger partial charge in [-0.25, -0.2) is 0 Å². The van der Waals surface area contributed by atoms with Gasteiger partial charge in [-0.3, -0.25) is 4.79 Å². The molecule has 0 spiro atoms. The van der Waals surface area contributed by atoms with E-state index in [0.717, 1.165) is 23.9 Å². The summed E-state index contributed by atoms with van der Waals surface area (Å²) >= 11 is 0. The van der Waals surface area contributed by atoms with Crippen molar-refractivity contribution in [2.24, 2.45) is 0 Å². The van der Waals surface area contributed by atoms with Crippen LogP contribution in [0.2, 0.25) is 0 Å². The van der Waals surface area contributed by atoms with E-state index in [1.807, 2.05) is 0 Å². The van der Waals surface area contributed by atoms with Crippen molar-refractivity contribution in [2.45, 2.75) is 19.3 Å². The number of hydrogen-bond acceptors (Lipinski definition) is 1. The Morgan fingerprint density at radius 2 is 1.92 bits per heavy atom. The van der Waals surface area contributed by atoms with E-state index in [1.165, 1.54) is 6.08 Å². The molecular weight excluding hydrogens is 150 g/mol. The van der Waals surface area contributed by atoms with Gasteiger partial charge >= 0.3 is 0 Å². The molecule has 0 aliphatic heterocycles. The zero-order valence-electron chi connectivity index (χ0n) is 8.47. The number of carbonyl (C=O) groups excluding carboxylic acids is 1. The van der Waals surface area contributed by atoms with Crippen molar-refractivity contribution < 1.29 is 9.28 Å². The Bertz CT molecular complexity index is 156. The standard InChI is InChI=1S/C10H20NO/c1-5-10(12)8-6-7-9-11(2,3)4/h5H,1,6-9H2,2-4H3/q+1. The van der Waals surface area contributed by atoms with E-state index < -0.39 is 0 Å². The number of carbonyl (C=O) groups is 1. The first-order chi connectivity index (χ1) is 5.45. The zero-order valence-corrected chi connectivity index (χ0v) is 8.47. The summed E-state index contributed by atoms with van der Waals surface area (Å²) in [6.45, 7) is 4.56. The third-order valence-corrected chi connectivity index (χ3v) is 1.73. The number of quaternary nitrogens is 1. The molecule has 2 nitrogen and oxygen atoms in total. The monoisotopic (exact) mass is 170 g/mol. The van der Waals surface area contributed by atoms with E-state index in [0.29, 0.717) is 6.42 Å². The molecule has 0 aromatic rings. The van der Waals surface area contributed by atoms with Crippen molar-refractivity contribution >= 4 is 5.78 Å². The molecule has 2 heteroatoms. The van der Waals surface area contributed by atoms with Crippen molar-refractivity contribution in [1.82, 2.24) is 0 Å². The zero-order chi connectivity index (χ0) is 9.61. The van der Waals surface area contributed by atoms with Crippen LogP contribution in [0.3, 0.4) is 0 Å². The minimum atomic E-state index is 0.163. The Kier molecular flexibility index (Phi) is 4.83. The number of rotatable bonds is 6. The molecule has 0 aromatic heterocycles. The topological polar surface area (TPSA) is 17.1 Å². The second kappa shape index (κ2) is 5.09. The molecule has 0 aliphatic carbocycles. The van der Waals surface area contributed by atoms with Gasteiger partial charge in [-0.15, -0.1) is 0 Å². The molecule has 0 atom stereocenters. The Balaban J connectivity index is 3.34. The van der Waals surface area contributed by atoms with Crippen LogP contribution in [0.1, 0.15) is 19.3 Å². The minimum Gasteiger partial charge on any atom is -0.331 e. The molecule has 0 heterocycles. The number of hydrogen-bond donors (Lipinski definition) is 0. The Hall–Kier alpha value is -0.630. The van der Waals surface area contributed by atoms with Crippen LogP contribution in [0.25, 0.3) is 0 Å². The van der Waals surface area contributed by atoms with Gasteiger partial charge in [0.05, 0.1) is 27.7 Å². The van der Waals surface area contributed by atoms with Crippen molar-refractivity contribution in [3.05, 3.63) is 12.7 Å². The third kappa shape index (κ3) is 7.48. The summed E-state index contributed by atoms with van der Waals surface area (Å²) in [5, 5.41) is 0. The quantitative estimate of drug-likeness (QED) is 0.336. The van der Waals surface area contributed by atoms with Gasteiger partial charge in [-0.1, -0.05) is 6.58 Å². The van der Waals surface area contributed by atoms with Crippen molar-refractivity contribution in [2.75, 3.05) is 27.7 Å². The van der Waals surface area contributed by atoms with Crippen LogP contribution in [-0.4, -0.2) is 38.0 Å². The summed E-state index contributed by atoms with van der Waals surface area (Å²) in [7, 11) is 6.49.